The fraction of sp³-hybridized carbons (Fsp3) is 0.375. The van der Waals surface area contributed by atoms with Crippen LogP contribution in [0.4, 0.5) is 14.5 Å². The molecule has 0 aromatic heterocycles. The van der Waals surface area contributed by atoms with Gasteiger partial charge in [0.05, 0.1) is 12.1 Å². The number of halogens is 2. The second-order valence-corrected chi connectivity index (χ2v) is 10.7. The van der Waals surface area contributed by atoms with Gasteiger partial charge in [-0.25, -0.2) is 8.78 Å². The van der Waals surface area contributed by atoms with Crippen LogP contribution < -0.4 is 16.0 Å². The number of anilines is 1. The number of aliphatic hydroxyl groups is 1. The zero-order valence-electron chi connectivity index (χ0n) is 23.0. The molecule has 4 N–H and O–H groups in total. The van der Waals surface area contributed by atoms with Crippen molar-refractivity contribution in [2.24, 2.45) is 0 Å². The number of carbonyl (C=O) groups is 2. The Morgan fingerprint density at radius 2 is 1.52 bits per heavy atom. The maximum Gasteiger partial charge on any atom is 0.221 e. The third kappa shape index (κ3) is 7.73. The monoisotopic (exact) mass is 549 g/mol. The van der Waals surface area contributed by atoms with Crippen molar-refractivity contribution >= 4 is 17.5 Å². The number of nitrogens with one attached hydrogen (secondary N) is 3. The van der Waals surface area contributed by atoms with Crippen molar-refractivity contribution in [1.82, 2.24) is 10.6 Å². The van der Waals surface area contributed by atoms with Crippen LogP contribution in [0.5, 0.6) is 0 Å². The fourth-order valence-electron chi connectivity index (χ4n) is 5.67. The van der Waals surface area contributed by atoms with E-state index in [2.05, 4.69) is 28.1 Å². The number of rotatable bonds is 10. The molecule has 3 aromatic rings. The van der Waals surface area contributed by atoms with Crippen LogP contribution in [0.2, 0.25) is 0 Å². The molecule has 1 fully saturated rings. The van der Waals surface area contributed by atoms with Crippen LogP contribution in [0.3, 0.4) is 0 Å². The molecule has 0 bridgehead atoms. The van der Waals surface area contributed by atoms with Gasteiger partial charge in [0.2, 0.25) is 11.8 Å². The molecule has 1 saturated carbocycles. The van der Waals surface area contributed by atoms with Crippen LogP contribution in [0.1, 0.15) is 57.1 Å². The molecule has 0 radical (unpaired) electrons. The molecule has 2 atom stereocenters. The van der Waals surface area contributed by atoms with E-state index < -0.39 is 23.8 Å². The largest absolute Gasteiger partial charge is 0.390 e. The summed E-state index contributed by atoms with van der Waals surface area (Å²) >= 11 is 0. The summed E-state index contributed by atoms with van der Waals surface area (Å²) in [5.41, 5.74) is 3.80. The van der Waals surface area contributed by atoms with Crippen molar-refractivity contribution in [3.05, 3.63) is 89.5 Å². The SMILES string of the molecule is CC(=O)Nc1cccc(-c2cccc(C3(NC[C@H](O)[C@H](Cc4cc(F)cc(F)c4)NC(C)=O)CCCCC3)c2)c1. The van der Waals surface area contributed by atoms with E-state index in [1.807, 2.05) is 36.4 Å². The van der Waals surface area contributed by atoms with Crippen molar-refractivity contribution in [3.63, 3.8) is 0 Å². The van der Waals surface area contributed by atoms with E-state index in [0.29, 0.717) is 5.56 Å². The maximum absolute atomic E-state index is 13.8. The van der Waals surface area contributed by atoms with Gasteiger partial charge in [0.1, 0.15) is 11.6 Å². The fourth-order valence-corrected chi connectivity index (χ4v) is 5.67. The molecule has 1 aliphatic rings. The molecule has 0 unspecified atom stereocenters. The average Bonchev–Trinajstić information content (AvgIpc) is 2.91. The number of hydrogen-bond acceptors (Lipinski definition) is 4. The molecule has 2 amide bonds. The van der Waals surface area contributed by atoms with Crippen molar-refractivity contribution in [1.29, 1.82) is 0 Å². The third-order valence-electron chi connectivity index (χ3n) is 7.52. The second kappa shape index (κ2) is 13.2. The van der Waals surface area contributed by atoms with Crippen LogP contribution >= 0.6 is 0 Å². The van der Waals surface area contributed by atoms with Crippen molar-refractivity contribution in [3.8, 4) is 11.1 Å². The van der Waals surface area contributed by atoms with E-state index in [1.165, 1.54) is 26.0 Å². The molecule has 1 aliphatic carbocycles. The van der Waals surface area contributed by atoms with Gasteiger partial charge in [-0.1, -0.05) is 49.6 Å². The Hall–Kier alpha value is -3.62. The standard InChI is InChI=1S/C32H37F2N3O3/c1-21(38)36-29-11-7-9-25(18-29)24-8-6-10-26(17-24)32(12-4-3-5-13-32)35-20-31(40)30(37-22(2)39)16-23-14-27(33)19-28(34)15-23/h6-11,14-15,17-19,30-31,35,40H,3-5,12-13,16,20H2,1-2H3,(H,36,38)(H,37,39)/t30-,31-/m0/s1. The molecule has 40 heavy (non-hydrogen) atoms. The number of hydrogen-bond donors (Lipinski definition) is 4. The molecule has 0 spiro atoms. The lowest BCUT2D eigenvalue weighted by molar-refractivity contribution is -0.120. The van der Waals surface area contributed by atoms with Gasteiger partial charge in [-0.05, 0) is 71.8 Å². The van der Waals surface area contributed by atoms with E-state index in [-0.39, 0.29) is 30.3 Å². The Morgan fingerprint density at radius 3 is 2.17 bits per heavy atom. The van der Waals surface area contributed by atoms with Crippen molar-refractivity contribution < 1.29 is 23.5 Å². The minimum Gasteiger partial charge on any atom is -0.390 e. The highest BCUT2D eigenvalue weighted by Gasteiger charge is 2.35. The first kappa shape index (κ1) is 29.4. The summed E-state index contributed by atoms with van der Waals surface area (Å²) in [6, 6.07) is 18.5. The van der Waals surface area contributed by atoms with E-state index in [4.69, 9.17) is 0 Å². The topological polar surface area (TPSA) is 90.5 Å². The predicted molar refractivity (Wildman–Crippen MR) is 153 cm³/mol. The Balaban J connectivity index is 1.56. The van der Waals surface area contributed by atoms with Crippen molar-refractivity contribution in [2.75, 3.05) is 11.9 Å². The smallest absolute Gasteiger partial charge is 0.221 e. The van der Waals surface area contributed by atoms with Crippen molar-refractivity contribution in [2.45, 2.75) is 70.1 Å². The van der Waals surface area contributed by atoms with Gasteiger partial charge in [0.25, 0.3) is 0 Å². The maximum atomic E-state index is 13.8. The lowest BCUT2D eigenvalue weighted by Gasteiger charge is -2.40. The zero-order chi connectivity index (χ0) is 28.7. The lowest BCUT2D eigenvalue weighted by atomic mass is 9.75. The number of carbonyl (C=O) groups excluding carboxylic acids is 2. The summed E-state index contributed by atoms with van der Waals surface area (Å²) in [7, 11) is 0. The highest BCUT2D eigenvalue weighted by atomic mass is 19.1. The van der Waals surface area contributed by atoms with Gasteiger partial charge in [-0.2, -0.15) is 0 Å². The molecule has 0 saturated heterocycles. The van der Waals surface area contributed by atoms with Crippen LogP contribution in [0, 0.1) is 11.6 Å². The normalized spacial score (nSPS) is 16.1. The van der Waals surface area contributed by atoms with Crippen LogP contribution in [0.15, 0.2) is 66.7 Å². The van der Waals surface area contributed by atoms with Crippen LogP contribution in [-0.2, 0) is 21.5 Å². The van der Waals surface area contributed by atoms with Crippen LogP contribution in [0.25, 0.3) is 11.1 Å². The van der Waals surface area contributed by atoms with Crippen LogP contribution in [-0.4, -0.2) is 35.6 Å². The Labute approximate surface area is 234 Å². The first-order valence-corrected chi connectivity index (χ1v) is 13.8. The third-order valence-corrected chi connectivity index (χ3v) is 7.52. The molecular weight excluding hydrogens is 512 g/mol. The van der Waals surface area contributed by atoms with E-state index >= 15 is 0 Å². The molecule has 6 nitrogen and oxygen atoms in total. The molecule has 0 heterocycles. The molecule has 4 rings (SSSR count). The summed E-state index contributed by atoms with van der Waals surface area (Å²) in [6.07, 6.45) is 4.05. The van der Waals surface area contributed by atoms with Gasteiger partial charge in [0.15, 0.2) is 0 Å². The zero-order valence-corrected chi connectivity index (χ0v) is 23.0. The Bertz CT molecular complexity index is 1320. The highest BCUT2D eigenvalue weighted by molar-refractivity contribution is 5.89. The van der Waals surface area contributed by atoms with Gasteiger partial charge in [0, 0.05) is 37.7 Å². The van der Waals surface area contributed by atoms with Gasteiger partial charge < -0.3 is 21.1 Å². The first-order valence-electron chi connectivity index (χ1n) is 13.8. The minimum absolute atomic E-state index is 0.0875. The predicted octanol–water partition coefficient (Wildman–Crippen LogP) is 5.45. The van der Waals surface area contributed by atoms with Gasteiger partial charge in [-0.3, -0.25) is 9.59 Å². The first-order chi connectivity index (χ1) is 19.1. The van der Waals surface area contributed by atoms with Gasteiger partial charge >= 0.3 is 0 Å². The summed E-state index contributed by atoms with van der Waals surface area (Å²) in [5, 5.41) is 20.4. The number of amides is 2. The number of aliphatic hydroxyl groups excluding tert-OH is 1. The lowest BCUT2D eigenvalue weighted by Crippen LogP contribution is -2.53. The van der Waals surface area contributed by atoms with E-state index in [0.717, 1.165) is 60.5 Å². The summed E-state index contributed by atoms with van der Waals surface area (Å²) in [6.45, 7) is 3.02. The summed E-state index contributed by atoms with van der Waals surface area (Å²) in [4.78, 5) is 23.4. The Morgan fingerprint density at radius 1 is 0.875 bits per heavy atom. The quantitative estimate of drug-likeness (QED) is 0.271. The second-order valence-electron chi connectivity index (χ2n) is 10.7. The molecule has 212 valence electrons. The Kier molecular flexibility index (Phi) is 9.66. The number of benzene rings is 3. The summed E-state index contributed by atoms with van der Waals surface area (Å²) in [5.74, 6) is -1.86. The minimum atomic E-state index is -0.994. The van der Waals surface area contributed by atoms with E-state index in [9.17, 15) is 23.5 Å². The average molecular weight is 550 g/mol. The summed E-state index contributed by atoms with van der Waals surface area (Å²) < 4.78 is 27.6. The highest BCUT2D eigenvalue weighted by Crippen LogP contribution is 2.39. The molecule has 8 heteroatoms. The molecular formula is C32H37F2N3O3. The van der Waals surface area contributed by atoms with E-state index in [1.54, 1.807) is 0 Å². The molecule has 0 aliphatic heterocycles. The van der Waals surface area contributed by atoms with Gasteiger partial charge in [-0.15, -0.1) is 0 Å². The molecule has 3 aromatic carbocycles.